The second-order valence-electron chi connectivity index (χ2n) is 25.0. The number of nitrogens with one attached hydrogen (secondary N) is 1. The van der Waals surface area contributed by atoms with E-state index in [4.69, 9.17) is 13.8 Å². The largest absolute Gasteiger partial charge is 0.472 e. The number of allylic oxidation sites excluding steroid dienone is 19. The molecule has 87 heavy (non-hydrogen) atoms. The summed E-state index contributed by atoms with van der Waals surface area (Å²) < 4.78 is 30.8. The van der Waals surface area contributed by atoms with Gasteiger partial charge in [0.1, 0.15) is 19.3 Å². The molecule has 0 aliphatic carbocycles. The number of hydrogen-bond acceptors (Lipinski definition) is 6. The molecule has 0 rings (SSSR count). The van der Waals surface area contributed by atoms with Gasteiger partial charge in [0.25, 0.3) is 0 Å². The number of carbonyl (C=O) groups excluding carboxylic acids is 2. The van der Waals surface area contributed by atoms with E-state index in [-0.39, 0.29) is 31.5 Å². The molecule has 9 nitrogen and oxygen atoms in total. The van der Waals surface area contributed by atoms with Crippen molar-refractivity contribution in [3.8, 4) is 0 Å². The quantitative estimate of drug-likeness (QED) is 0.0205. The number of likely N-dealkylation sites (N-methyl/N-ethyl adjacent to an activating group) is 1. The lowest BCUT2D eigenvalue weighted by Crippen LogP contribution is -2.47. The zero-order valence-electron chi connectivity index (χ0n) is 57.2. The van der Waals surface area contributed by atoms with Crippen LogP contribution in [0.15, 0.2) is 122 Å². The smallest absolute Gasteiger partial charge is 0.456 e. The zero-order valence-corrected chi connectivity index (χ0v) is 58.1. The second kappa shape index (κ2) is 65.4. The Labute approximate surface area is 537 Å². The molecular formula is C77H136N2O7P+. The predicted molar refractivity (Wildman–Crippen MR) is 378 cm³/mol. The molecule has 0 spiro atoms. The third-order valence-corrected chi connectivity index (χ3v) is 16.4. The fourth-order valence-electron chi connectivity index (χ4n) is 9.89. The summed E-state index contributed by atoms with van der Waals surface area (Å²) in [4.78, 5) is 37.9. The van der Waals surface area contributed by atoms with Crippen LogP contribution in [0.5, 0.6) is 0 Å². The number of quaternary nitrogens is 1. The van der Waals surface area contributed by atoms with Crippen LogP contribution in [0.25, 0.3) is 0 Å². The molecule has 2 N–H and O–H groups in total. The van der Waals surface area contributed by atoms with E-state index in [0.29, 0.717) is 23.9 Å². The van der Waals surface area contributed by atoms with Crippen LogP contribution in [0.3, 0.4) is 0 Å². The molecule has 500 valence electrons. The fraction of sp³-hybridized carbons (Fsp3) is 0.714. The van der Waals surface area contributed by atoms with E-state index in [1.54, 1.807) is 0 Å². The van der Waals surface area contributed by atoms with Crippen molar-refractivity contribution >= 4 is 19.7 Å². The minimum atomic E-state index is -4.47. The van der Waals surface area contributed by atoms with Gasteiger partial charge in [0.15, 0.2) is 0 Å². The molecule has 0 saturated carbocycles. The van der Waals surface area contributed by atoms with Gasteiger partial charge in [-0.3, -0.25) is 18.6 Å². The molecular weight excluding hydrogens is 1100 g/mol. The van der Waals surface area contributed by atoms with Crippen LogP contribution < -0.4 is 5.32 Å². The third-order valence-electron chi connectivity index (χ3n) is 15.4. The van der Waals surface area contributed by atoms with Gasteiger partial charge in [0, 0.05) is 12.8 Å². The Bertz CT molecular complexity index is 1900. The van der Waals surface area contributed by atoms with E-state index in [1.807, 2.05) is 33.3 Å². The lowest BCUT2D eigenvalue weighted by Gasteiger charge is -2.27. The number of unbranched alkanes of at least 4 members (excludes halogenated alkanes) is 30. The number of phosphoric ester groups is 1. The normalized spacial score (nSPS) is 14.2. The van der Waals surface area contributed by atoms with Crippen molar-refractivity contribution in [1.82, 2.24) is 5.32 Å². The van der Waals surface area contributed by atoms with Gasteiger partial charge >= 0.3 is 13.8 Å². The topological polar surface area (TPSA) is 111 Å². The van der Waals surface area contributed by atoms with E-state index in [2.05, 4.69) is 135 Å². The van der Waals surface area contributed by atoms with Crippen LogP contribution in [-0.4, -0.2) is 74.3 Å². The highest BCUT2D eigenvalue weighted by Crippen LogP contribution is 2.43. The summed E-state index contributed by atoms with van der Waals surface area (Å²) in [7, 11) is 1.47. The monoisotopic (exact) mass is 1230 g/mol. The molecule has 0 aliphatic rings. The molecule has 0 fully saturated rings. The Kier molecular flexibility index (Phi) is 62.7. The molecule has 0 aromatic rings. The number of nitrogens with zero attached hydrogens (tertiary/aromatic N) is 1. The molecule has 10 heteroatoms. The first-order chi connectivity index (χ1) is 42.4. The lowest BCUT2D eigenvalue weighted by atomic mass is 10.0. The summed E-state index contributed by atoms with van der Waals surface area (Å²) in [6.45, 7) is 6.87. The number of carbonyl (C=O) groups is 2. The first-order valence-corrected chi connectivity index (χ1v) is 37.4. The third kappa shape index (κ3) is 66.7. The number of esters is 1. The van der Waals surface area contributed by atoms with Gasteiger partial charge in [-0.2, -0.15) is 0 Å². The van der Waals surface area contributed by atoms with E-state index in [9.17, 15) is 19.0 Å². The molecule has 0 aromatic heterocycles. The Morgan fingerprint density at radius 2 is 0.736 bits per heavy atom. The van der Waals surface area contributed by atoms with E-state index in [0.717, 1.165) is 128 Å². The zero-order chi connectivity index (χ0) is 63.5. The van der Waals surface area contributed by atoms with Crippen LogP contribution in [0, 0.1) is 0 Å². The molecule has 0 radical (unpaired) electrons. The highest BCUT2D eigenvalue weighted by atomic mass is 31.2. The summed E-state index contributed by atoms with van der Waals surface area (Å²) >= 11 is 0. The van der Waals surface area contributed by atoms with Crippen LogP contribution in [0.1, 0.15) is 303 Å². The maximum Gasteiger partial charge on any atom is 0.472 e. The molecule has 0 aliphatic heterocycles. The average molecular weight is 1230 g/mol. The van der Waals surface area contributed by atoms with Crippen molar-refractivity contribution in [2.24, 2.45) is 0 Å². The van der Waals surface area contributed by atoms with Gasteiger partial charge in [0.2, 0.25) is 5.91 Å². The molecule has 0 bridgehead atoms. The minimum Gasteiger partial charge on any atom is -0.456 e. The number of phosphoric acid groups is 1. The van der Waals surface area contributed by atoms with Gasteiger partial charge in [-0.25, -0.2) is 4.57 Å². The van der Waals surface area contributed by atoms with Crippen LogP contribution in [0.2, 0.25) is 0 Å². The summed E-state index contributed by atoms with van der Waals surface area (Å²) in [6.07, 6.45) is 92.0. The SMILES string of the molecule is CC/C=C\C/C=C\C/C=C\C/C=C\C/C=C\CCCCCCCC(=O)OC(/C=C\CCCCCCCCCCCCC)C(COP(=O)(O)OCC[N+](C)(C)C)NC(=O)CCCCCCCCCCCCC/C=C\C/C=C\C/C=C\C/C=C\CCCCC. The van der Waals surface area contributed by atoms with Gasteiger partial charge in [-0.05, 0) is 122 Å². The van der Waals surface area contributed by atoms with Crippen LogP contribution in [0.4, 0.5) is 0 Å². The lowest BCUT2D eigenvalue weighted by molar-refractivity contribution is -0.870. The Hall–Kier alpha value is -3.59. The molecule has 3 unspecified atom stereocenters. The van der Waals surface area contributed by atoms with Crippen molar-refractivity contribution in [1.29, 1.82) is 0 Å². The molecule has 1 amide bonds. The summed E-state index contributed by atoms with van der Waals surface area (Å²) in [5.74, 6) is -0.531. The van der Waals surface area contributed by atoms with Crippen molar-refractivity contribution < 1.29 is 37.3 Å². The van der Waals surface area contributed by atoms with Crippen molar-refractivity contribution in [3.05, 3.63) is 122 Å². The first kappa shape index (κ1) is 83.4. The predicted octanol–water partition coefficient (Wildman–Crippen LogP) is 23.0. The van der Waals surface area contributed by atoms with Crippen molar-refractivity contribution in [2.75, 3.05) is 40.9 Å². The standard InChI is InChI=1S/C77H135N2O7P/c1-7-10-13-16-19-22-25-28-30-32-34-36-37-38-39-40-41-43-44-46-48-51-54-57-60-63-66-69-76(80)78-74(73-85-87(82,83)84-72-71-79(4,5)6)75(68-65-62-59-56-53-50-27-24-21-18-15-12-9-3)86-77(81)70-67-64-61-58-55-52-49-47-45-42-35-33-31-29-26-23-20-17-14-11-8-2/h11,14,19-20,22-23,28-31,34-36,38-39,42,47,49,65,68,74-75H,7-10,12-13,15-18,21,24-27,32-33,37,40-41,43-46,48,50-64,66-67,69-73H2,1-6H3,(H-,78,80,82,83)/p+1/b14-11-,22-19-,23-20-,30-28-,31-29-,36-34-,39-38-,42-35-,49-47-,68-65-. The number of amides is 1. The number of rotatable bonds is 64. The summed E-state index contributed by atoms with van der Waals surface area (Å²) in [5, 5.41) is 3.07. The fourth-order valence-corrected chi connectivity index (χ4v) is 10.6. The minimum absolute atomic E-state index is 0.0305. The maximum atomic E-state index is 13.6. The number of ether oxygens (including phenoxy) is 1. The van der Waals surface area contributed by atoms with Crippen molar-refractivity contribution in [3.63, 3.8) is 0 Å². The Morgan fingerprint density at radius 3 is 1.13 bits per heavy atom. The van der Waals surface area contributed by atoms with E-state index >= 15 is 0 Å². The van der Waals surface area contributed by atoms with Gasteiger partial charge in [-0.1, -0.05) is 290 Å². The first-order valence-electron chi connectivity index (χ1n) is 35.9. The van der Waals surface area contributed by atoms with E-state index in [1.165, 1.54) is 135 Å². The maximum absolute atomic E-state index is 13.6. The van der Waals surface area contributed by atoms with Gasteiger partial charge in [-0.15, -0.1) is 0 Å². The molecule has 0 heterocycles. The molecule has 0 aromatic carbocycles. The van der Waals surface area contributed by atoms with Gasteiger partial charge < -0.3 is 19.4 Å². The second-order valence-corrected chi connectivity index (χ2v) is 26.5. The number of hydrogen-bond donors (Lipinski definition) is 2. The highest BCUT2D eigenvalue weighted by Gasteiger charge is 2.30. The Balaban J connectivity index is 5.14. The molecule has 3 atom stereocenters. The van der Waals surface area contributed by atoms with Crippen molar-refractivity contribution in [2.45, 2.75) is 315 Å². The van der Waals surface area contributed by atoms with Gasteiger partial charge in [0.05, 0.1) is 33.8 Å². The summed E-state index contributed by atoms with van der Waals surface area (Å²) in [5.41, 5.74) is 0. The average Bonchev–Trinajstić information content (AvgIpc) is 3.70. The highest BCUT2D eigenvalue weighted by molar-refractivity contribution is 7.47. The summed E-state index contributed by atoms with van der Waals surface area (Å²) in [6, 6.07) is -0.868. The molecule has 0 saturated heterocycles. The Morgan fingerprint density at radius 1 is 0.414 bits per heavy atom. The van der Waals surface area contributed by atoms with Crippen LogP contribution in [-0.2, 0) is 27.9 Å². The van der Waals surface area contributed by atoms with Crippen LogP contribution >= 0.6 is 7.82 Å². The van der Waals surface area contributed by atoms with E-state index < -0.39 is 20.0 Å².